The van der Waals surface area contributed by atoms with E-state index in [0.29, 0.717) is 23.0 Å². The molecule has 94 valence electrons. The summed E-state index contributed by atoms with van der Waals surface area (Å²) in [4.78, 5) is 0.142. The van der Waals surface area contributed by atoms with E-state index in [2.05, 4.69) is 0 Å². The molecule has 1 aliphatic rings. The molecular weight excluding hydrogens is 301 g/mol. The van der Waals surface area contributed by atoms with Crippen molar-refractivity contribution in [3.63, 3.8) is 0 Å². The summed E-state index contributed by atoms with van der Waals surface area (Å²) in [7, 11) is -3.49. The van der Waals surface area contributed by atoms with Crippen LogP contribution in [0, 0.1) is 6.92 Å². The minimum Gasteiger partial charge on any atom is -0.207 e. The predicted octanol–water partition coefficient (Wildman–Crippen LogP) is 3.00. The fourth-order valence-corrected chi connectivity index (χ4v) is 5.18. The Morgan fingerprint density at radius 2 is 2.00 bits per heavy atom. The Bertz CT molecular complexity index is 539. The largest absolute Gasteiger partial charge is 0.245 e. The molecule has 0 radical (unpaired) electrons. The quantitative estimate of drug-likeness (QED) is 0.842. The normalized spacial score (nSPS) is 17.6. The predicted molar refractivity (Wildman–Crippen MR) is 72.4 cm³/mol. The zero-order chi connectivity index (χ0) is 12.6. The standard InChI is InChI=1S/C10H11Cl2NO2S2/c1-7-4-10(9(12)5-8(7)11)17(14,15)13-2-3-16-6-13/h4-5H,2-3,6H2,1H3. The molecule has 7 heteroatoms. The van der Waals surface area contributed by atoms with Gasteiger partial charge in [0.25, 0.3) is 0 Å². The van der Waals surface area contributed by atoms with Gasteiger partial charge in [-0.05, 0) is 24.6 Å². The molecule has 0 amide bonds. The lowest BCUT2D eigenvalue weighted by molar-refractivity contribution is 0.489. The van der Waals surface area contributed by atoms with E-state index in [4.69, 9.17) is 23.2 Å². The van der Waals surface area contributed by atoms with E-state index in [1.165, 1.54) is 16.4 Å². The van der Waals surface area contributed by atoms with Gasteiger partial charge in [0.1, 0.15) is 4.90 Å². The van der Waals surface area contributed by atoms with E-state index in [1.54, 1.807) is 18.7 Å². The summed E-state index contributed by atoms with van der Waals surface area (Å²) in [5, 5.41) is 0.655. The van der Waals surface area contributed by atoms with Gasteiger partial charge in [0.2, 0.25) is 10.0 Å². The van der Waals surface area contributed by atoms with Crippen LogP contribution in [0.5, 0.6) is 0 Å². The Hall–Kier alpha value is 0.0600. The number of aryl methyl sites for hydroxylation is 1. The van der Waals surface area contributed by atoms with Gasteiger partial charge in [-0.3, -0.25) is 0 Å². The van der Waals surface area contributed by atoms with E-state index in [1.807, 2.05) is 0 Å². The van der Waals surface area contributed by atoms with Gasteiger partial charge in [-0.15, -0.1) is 11.8 Å². The van der Waals surface area contributed by atoms with E-state index < -0.39 is 10.0 Å². The molecule has 0 aromatic heterocycles. The zero-order valence-corrected chi connectivity index (χ0v) is 12.3. The molecule has 1 heterocycles. The van der Waals surface area contributed by atoms with Gasteiger partial charge in [-0.1, -0.05) is 23.2 Å². The number of halogens is 2. The second kappa shape index (κ2) is 4.97. The van der Waals surface area contributed by atoms with Crippen LogP contribution < -0.4 is 0 Å². The van der Waals surface area contributed by atoms with Crippen LogP contribution in [0.1, 0.15) is 5.56 Å². The maximum Gasteiger partial charge on any atom is 0.245 e. The van der Waals surface area contributed by atoms with Crippen LogP contribution in [0.4, 0.5) is 0 Å². The Kier molecular flexibility index (Phi) is 3.95. The fraction of sp³-hybridized carbons (Fsp3) is 0.400. The molecule has 0 bridgehead atoms. The molecule has 1 saturated heterocycles. The first-order chi connectivity index (χ1) is 7.93. The molecule has 0 spiro atoms. The molecule has 2 rings (SSSR count). The Morgan fingerprint density at radius 1 is 1.29 bits per heavy atom. The summed E-state index contributed by atoms with van der Waals surface area (Å²) >= 11 is 13.5. The van der Waals surface area contributed by atoms with Crippen molar-refractivity contribution in [3.8, 4) is 0 Å². The van der Waals surface area contributed by atoms with Crippen molar-refractivity contribution < 1.29 is 8.42 Å². The zero-order valence-electron chi connectivity index (χ0n) is 9.11. The van der Waals surface area contributed by atoms with E-state index in [9.17, 15) is 8.42 Å². The molecule has 0 aliphatic carbocycles. The van der Waals surface area contributed by atoms with Crippen LogP contribution in [0.2, 0.25) is 10.0 Å². The van der Waals surface area contributed by atoms with Crippen molar-refractivity contribution in [1.29, 1.82) is 0 Å². The number of rotatable bonds is 2. The minimum atomic E-state index is -3.49. The Balaban J connectivity index is 2.49. The number of sulfonamides is 1. The van der Waals surface area contributed by atoms with Gasteiger partial charge >= 0.3 is 0 Å². The summed E-state index contributed by atoms with van der Waals surface area (Å²) in [6.45, 7) is 2.29. The fourth-order valence-electron chi connectivity index (χ4n) is 1.55. The van der Waals surface area contributed by atoms with Gasteiger partial charge in [-0.25, -0.2) is 8.42 Å². The number of thioether (sulfide) groups is 1. The lowest BCUT2D eigenvalue weighted by atomic mass is 10.2. The second-order valence-corrected chi connectivity index (χ2v) is 7.55. The number of nitrogens with zero attached hydrogens (tertiary/aromatic N) is 1. The molecule has 1 aromatic carbocycles. The monoisotopic (exact) mass is 311 g/mol. The summed E-state index contributed by atoms with van der Waals surface area (Å²) in [5.74, 6) is 1.31. The molecule has 1 aromatic rings. The first-order valence-corrected chi connectivity index (χ1v) is 8.31. The smallest absolute Gasteiger partial charge is 0.207 e. The highest BCUT2D eigenvalue weighted by molar-refractivity contribution is 8.00. The molecule has 0 unspecified atom stereocenters. The lowest BCUT2D eigenvalue weighted by Gasteiger charge is -2.16. The minimum absolute atomic E-state index is 0.142. The van der Waals surface area contributed by atoms with Gasteiger partial charge in [0.15, 0.2) is 0 Å². The molecule has 0 saturated carbocycles. The van der Waals surface area contributed by atoms with Crippen molar-refractivity contribution in [1.82, 2.24) is 4.31 Å². The van der Waals surface area contributed by atoms with Crippen molar-refractivity contribution in [2.75, 3.05) is 18.2 Å². The second-order valence-electron chi connectivity index (χ2n) is 3.75. The first kappa shape index (κ1) is 13.5. The summed E-state index contributed by atoms with van der Waals surface area (Å²) < 4.78 is 26.0. The molecule has 0 N–H and O–H groups in total. The van der Waals surface area contributed by atoms with Gasteiger partial charge in [0, 0.05) is 17.3 Å². The van der Waals surface area contributed by atoms with Crippen LogP contribution in [0.3, 0.4) is 0 Å². The molecule has 0 atom stereocenters. The molecule has 17 heavy (non-hydrogen) atoms. The molecule has 1 aliphatic heterocycles. The summed E-state index contributed by atoms with van der Waals surface area (Å²) in [5.41, 5.74) is 0.710. The maximum atomic E-state index is 12.3. The van der Waals surface area contributed by atoms with Crippen LogP contribution in [-0.4, -0.2) is 30.9 Å². The molecule has 1 fully saturated rings. The molecule has 3 nitrogen and oxygen atoms in total. The summed E-state index contributed by atoms with van der Waals surface area (Å²) in [6, 6.07) is 3.01. The third kappa shape index (κ3) is 2.58. The third-order valence-corrected chi connectivity index (χ3v) is 6.40. The van der Waals surface area contributed by atoms with Gasteiger partial charge in [0.05, 0.1) is 10.9 Å². The Morgan fingerprint density at radius 3 is 2.59 bits per heavy atom. The average Bonchev–Trinajstić information content (AvgIpc) is 2.77. The first-order valence-electron chi connectivity index (χ1n) is 4.96. The van der Waals surface area contributed by atoms with Crippen molar-refractivity contribution >= 4 is 45.0 Å². The average molecular weight is 312 g/mol. The number of hydrogen-bond donors (Lipinski definition) is 0. The van der Waals surface area contributed by atoms with Crippen molar-refractivity contribution in [3.05, 3.63) is 27.7 Å². The molecular formula is C10H11Cl2NO2S2. The van der Waals surface area contributed by atoms with Crippen LogP contribution in [0.15, 0.2) is 17.0 Å². The SMILES string of the molecule is Cc1cc(S(=O)(=O)N2CCSC2)c(Cl)cc1Cl. The van der Waals surface area contributed by atoms with E-state index in [-0.39, 0.29) is 9.92 Å². The Labute approximate surface area is 115 Å². The summed E-state index contributed by atoms with van der Waals surface area (Å²) in [6.07, 6.45) is 0. The van der Waals surface area contributed by atoms with Gasteiger partial charge in [-0.2, -0.15) is 4.31 Å². The van der Waals surface area contributed by atoms with Gasteiger partial charge < -0.3 is 0 Å². The van der Waals surface area contributed by atoms with E-state index >= 15 is 0 Å². The third-order valence-electron chi connectivity index (χ3n) is 2.55. The number of benzene rings is 1. The van der Waals surface area contributed by atoms with Crippen molar-refractivity contribution in [2.24, 2.45) is 0 Å². The van der Waals surface area contributed by atoms with Crippen LogP contribution >= 0.6 is 35.0 Å². The highest BCUT2D eigenvalue weighted by atomic mass is 35.5. The van der Waals surface area contributed by atoms with Crippen LogP contribution in [0.25, 0.3) is 0 Å². The lowest BCUT2D eigenvalue weighted by Crippen LogP contribution is -2.28. The van der Waals surface area contributed by atoms with Crippen molar-refractivity contribution in [2.45, 2.75) is 11.8 Å². The highest BCUT2D eigenvalue weighted by Crippen LogP contribution is 2.32. The highest BCUT2D eigenvalue weighted by Gasteiger charge is 2.29. The van der Waals surface area contributed by atoms with Crippen LogP contribution in [-0.2, 0) is 10.0 Å². The maximum absolute atomic E-state index is 12.3. The topological polar surface area (TPSA) is 37.4 Å². The number of hydrogen-bond acceptors (Lipinski definition) is 3. The van der Waals surface area contributed by atoms with E-state index in [0.717, 1.165) is 5.75 Å².